The van der Waals surface area contributed by atoms with Crippen molar-refractivity contribution in [1.82, 2.24) is 30.1 Å². The Morgan fingerprint density at radius 2 is 1.83 bits per heavy atom. The predicted octanol–water partition coefficient (Wildman–Crippen LogP) is 4.72. The lowest BCUT2D eigenvalue weighted by Crippen LogP contribution is -2.20. The van der Waals surface area contributed by atoms with E-state index in [0.717, 1.165) is 23.3 Å². The number of nitrogens with one attached hydrogen (secondary N) is 3. The molecule has 1 amide bonds. The number of carbonyl (C=O) groups is 1. The molecule has 5 heterocycles. The molecule has 1 unspecified atom stereocenters. The first-order valence-electron chi connectivity index (χ1n) is 12.9. The van der Waals surface area contributed by atoms with Crippen LogP contribution in [0, 0.1) is 5.82 Å². The van der Waals surface area contributed by atoms with Crippen molar-refractivity contribution in [2.75, 3.05) is 11.6 Å². The first-order chi connectivity index (χ1) is 20.1. The molecule has 0 fully saturated rings. The van der Waals surface area contributed by atoms with E-state index in [9.17, 15) is 17.6 Å². The summed E-state index contributed by atoms with van der Waals surface area (Å²) in [4.78, 5) is 28.5. The quantitative estimate of drug-likeness (QED) is 0.209. The third-order valence-electron chi connectivity index (χ3n) is 6.87. The summed E-state index contributed by atoms with van der Waals surface area (Å²) in [6, 6.07) is 11.3. The van der Waals surface area contributed by atoms with Gasteiger partial charge in [-0.25, -0.2) is 17.8 Å². The molecule has 0 saturated carbocycles. The number of nitrogens with zero attached hydrogens (tertiary/aromatic N) is 4. The molecule has 0 aliphatic heterocycles. The molecule has 0 spiro atoms. The van der Waals surface area contributed by atoms with Gasteiger partial charge in [0.2, 0.25) is 5.91 Å². The lowest BCUT2D eigenvalue weighted by molar-refractivity contribution is -0.115. The van der Waals surface area contributed by atoms with Crippen molar-refractivity contribution in [3.8, 4) is 33.8 Å². The number of hydrogen-bond donors (Lipinski definition) is 4. The molecule has 6 aromatic rings. The number of nitrogens with two attached hydrogens (primary N) is 1. The lowest BCUT2D eigenvalue weighted by Gasteiger charge is -2.12. The minimum Gasteiger partial charge on any atom is -0.352 e. The molecule has 6 rings (SSSR count). The molecule has 5 aromatic heterocycles. The topological polar surface area (TPSA) is 172 Å². The monoisotopic (exact) mass is 584 g/mol. The number of hydrogen-bond acceptors (Lipinski definition) is 8. The van der Waals surface area contributed by atoms with Gasteiger partial charge in [-0.2, -0.15) is 5.10 Å². The zero-order valence-electron chi connectivity index (χ0n) is 22.5. The van der Waals surface area contributed by atoms with E-state index >= 15 is 0 Å². The predicted molar refractivity (Wildman–Crippen MR) is 158 cm³/mol. The number of amides is 1. The van der Waals surface area contributed by atoms with Gasteiger partial charge < -0.3 is 16.0 Å². The number of pyridine rings is 3. The van der Waals surface area contributed by atoms with E-state index in [2.05, 4.69) is 30.5 Å². The molecule has 0 saturated heterocycles. The fourth-order valence-electron chi connectivity index (χ4n) is 4.73. The van der Waals surface area contributed by atoms with Crippen molar-refractivity contribution in [3.05, 3.63) is 78.6 Å². The number of anilines is 1. The maximum atomic E-state index is 14.6. The Morgan fingerprint density at radius 1 is 1.02 bits per heavy atom. The van der Waals surface area contributed by atoms with Crippen molar-refractivity contribution in [3.63, 3.8) is 0 Å². The summed E-state index contributed by atoms with van der Waals surface area (Å²) < 4.78 is 38.7. The van der Waals surface area contributed by atoms with Gasteiger partial charge in [0, 0.05) is 41.6 Å². The molecule has 0 aliphatic rings. The summed E-state index contributed by atoms with van der Waals surface area (Å²) in [7, 11) is -3.65. The molecule has 5 N–H and O–H groups in total. The van der Waals surface area contributed by atoms with E-state index < -0.39 is 21.0 Å². The van der Waals surface area contributed by atoms with E-state index in [-0.39, 0.29) is 11.5 Å². The minimum absolute atomic E-state index is 0.116. The molecule has 1 aromatic carbocycles. The van der Waals surface area contributed by atoms with Crippen LogP contribution in [0.1, 0.15) is 24.3 Å². The maximum absolute atomic E-state index is 14.6. The van der Waals surface area contributed by atoms with Crippen LogP contribution in [-0.2, 0) is 14.6 Å². The highest BCUT2D eigenvalue weighted by Gasteiger charge is 2.21. The molecule has 0 aliphatic carbocycles. The number of halogens is 1. The van der Waals surface area contributed by atoms with E-state index in [1.165, 1.54) is 6.07 Å². The van der Waals surface area contributed by atoms with Crippen molar-refractivity contribution >= 4 is 43.4 Å². The summed E-state index contributed by atoms with van der Waals surface area (Å²) in [5, 5.41) is 9.65. The van der Waals surface area contributed by atoms with Crippen LogP contribution in [0.2, 0.25) is 0 Å². The molecule has 0 radical (unpaired) electrons. The van der Waals surface area contributed by atoms with Gasteiger partial charge in [0.25, 0.3) is 0 Å². The van der Waals surface area contributed by atoms with E-state index in [0.29, 0.717) is 56.9 Å². The van der Waals surface area contributed by atoms with Crippen LogP contribution in [0.5, 0.6) is 0 Å². The van der Waals surface area contributed by atoms with Gasteiger partial charge in [0.15, 0.2) is 9.84 Å². The fraction of sp³-hybridized carbons (Fsp3) is 0.138. The third-order valence-corrected chi connectivity index (χ3v) is 8.06. The van der Waals surface area contributed by atoms with Crippen LogP contribution in [0.3, 0.4) is 0 Å². The van der Waals surface area contributed by atoms with Gasteiger partial charge >= 0.3 is 0 Å². The second kappa shape index (κ2) is 10.4. The molecular formula is C29H25FN8O3S. The molecule has 1 atom stereocenters. The zero-order chi connectivity index (χ0) is 29.6. The van der Waals surface area contributed by atoms with Gasteiger partial charge in [-0.1, -0.05) is 6.92 Å². The highest BCUT2D eigenvalue weighted by Crippen LogP contribution is 2.35. The van der Waals surface area contributed by atoms with Crippen LogP contribution in [-0.4, -0.2) is 50.7 Å². The van der Waals surface area contributed by atoms with Crippen LogP contribution >= 0.6 is 0 Å². The molecule has 11 nitrogen and oxygen atoms in total. The Kier molecular flexibility index (Phi) is 6.75. The van der Waals surface area contributed by atoms with Gasteiger partial charge in [-0.3, -0.25) is 19.9 Å². The van der Waals surface area contributed by atoms with Gasteiger partial charge in [0.05, 0.1) is 40.5 Å². The number of aromatic nitrogens is 6. The van der Waals surface area contributed by atoms with E-state index in [4.69, 9.17) is 10.7 Å². The molecular weight excluding hydrogens is 559 g/mol. The van der Waals surface area contributed by atoms with Crippen LogP contribution in [0.25, 0.3) is 55.7 Å². The van der Waals surface area contributed by atoms with Crippen LogP contribution in [0.4, 0.5) is 10.1 Å². The average Bonchev–Trinajstić information content (AvgIpc) is 3.59. The number of rotatable bonds is 7. The third kappa shape index (κ3) is 5.10. The fourth-order valence-corrected chi connectivity index (χ4v) is 5.36. The molecule has 212 valence electrons. The van der Waals surface area contributed by atoms with Gasteiger partial charge in [0.1, 0.15) is 22.4 Å². The normalized spacial score (nSPS) is 12.6. The van der Waals surface area contributed by atoms with Crippen LogP contribution < -0.4 is 11.1 Å². The van der Waals surface area contributed by atoms with Crippen molar-refractivity contribution in [2.24, 2.45) is 5.73 Å². The minimum atomic E-state index is -3.65. The SMILES string of the molecule is CCC(=O)Nc1cncc(-c2ccc3[nH]nc(-c4cc5c(-c6cc(F)cc(C(N)S(C)(=O)=O)c6)cncc5[nH]4)c3n2)c1. The second-order valence-electron chi connectivity index (χ2n) is 9.88. The highest BCUT2D eigenvalue weighted by atomic mass is 32.2. The summed E-state index contributed by atoms with van der Waals surface area (Å²) in [6.45, 7) is 1.77. The lowest BCUT2D eigenvalue weighted by atomic mass is 10.0. The Balaban J connectivity index is 1.42. The van der Waals surface area contributed by atoms with Crippen molar-refractivity contribution in [1.29, 1.82) is 0 Å². The van der Waals surface area contributed by atoms with Crippen molar-refractivity contribution in [2.45, 2.75) is 18.7 Å². The number of carbonyl (C=O) groups excluding carboxylic acids is 1. The molecule has 42 heavy (non-hydrogen) atoms. The molecule has 0 bridgehead atoms. The molecule has 13 heteroatoms. The number of H-pyrrole nitrogens is 2. The summed E-state index contributed by atoms with van der Waals surface area (Å²) >= 11 is 0. The van der Waals surface area contributed by atoms with Crippen LogP contribution in [0.15, 0.2) is 67.3 Å². The van der Waals surface area contributed by atoms with Crippen molar-refractivity contribution < 1.29 is 17.6 Å². The summed E-state index contributed by atoms with van der Waals surface area (Å²) in [5.41, 5.74) is 12.1. The highest BCUT2D eigenvalue weighted by molar-refractivity contribution is 7.90. The summed E-state index contributed by atoms with van der Waals surface area (Å²) in [5.74, 6) is -0.730. The number of aromatic amines is 2. The average molecular weight is 585 g/mol. The van der Waals surface area contributed by atoms with E-state index in [1.54, 1.807) is 43.8 Å². The standard InChI is InChI=1S/C29H25FN8O3S/c1-3-26(39)34-19-9-17(11-32-12-19)22-4-5-23-27(36-22)28(38-37-23)24-10-20-21(13-33-14-25(20)35-24)15-6-16(8-18(30)7-15)29(31)42(2,40)41/h4-14,29,35H,3,31H2,1-2H3,(H,34,39)(H,37,38). The maximum Gasteiger partial charge on any atom is 0.224 e. The Hall–Kier alpha value is -5.01. The largest absolute Gasteiger partial charge is 0.352 e. The Morgan fingerprint density at radius 3 is 2.62 bits per heavy atom. The summed E-state index contributed by atoms with van der Waals surface area (Å²) in [6.07, 6.45) is 7.82. The first-order valence-corrected chi connectivity index (χ1v) is 14.9. The number of benzene rings is 1. The van der Waals surface area contributed by atoms with Gasteiger partial charge in [-0.05, 0) is 53.6 Å². The number of fused-ring (bicyclic) bond motifs is 2. The zero-order valence-corrected chi connectivity index (χ0v) is 23.3. The Bertz CT molecular complexity index is 2110. The van der Waals surface area contributed by atoms with Gasteiger partial charge in [-0.15, -0.1) is 0 Å². The van der Waals surface area contributed by atoms with E-state index in [1.807, 2.05) is 18.2 Å². The smallest absolute Gasteiger partial charge is 0.224 e. The Labute approximate surface area is 239 Å². The first kappa shape index (κ1) is 27.2. The second-order valence-corrected chi connectivity index (χ2v) is 12.1. The number of sulfone groups is 1.